The van der Waals surface area contributed by atoms with Crippen molar-refractivity contribution in [3.8, 4) is 0 Å². The van der Waals surface area contributed by atoms with Gasteiger partial charge in [0.25, 0.3) is 0 Å². The largest absolute Gasteiger partial charge is 0.412 e. The average Bonchev–Trinajstić information content (AvgIpc) is 2.40. The molecule has 0 atom stereocenters. The third kappa shape index (κ3) is 3.33. The van der Waals surface area contributed by atoms with Crippen LogP contribution < -0.4 is 5.73 Å². The minimum Gasteiger partial charge on any atom is -0.398 e. The zero-order chi connectivity index (χ0) is 15.8. The molecule has 0 spiro atoms. The first-order chi connectivity index (χ1) is 9.62. The molecule has 1 aromatic rings. The molecule has 0 bridgehead atoms. The molecule has 0 aliphatic carbocycles. The number of nitrogens with zero attached hydrogens (tertiary/aromatic N) is 1. The van der Waals surface area contributed by atoms with Crippen LogP contribution in [0.4, 0.5) is 18.9 Å². The molecule has 9 heteroatoms. The molecule has 0 amide bonds. The Morgan fingerprint density at radius 2 is 1.95 bits per heavy atom. The van der Waals surface area contributed by atoms with Crippen LogP contribution in [0.5, 0.6) is 0 Å². The summed E-state index contributed by atoms with van der Waals surface area (Å²) < 4.78 is 63.3. The third-order valence-corrected chi connectivity index (χ3v) is 5.29. The van der Waals surface area contributed by atoms with Gasteiger partial charge in [-0.3, -0.25) is 0 Å². The van der Waals surface area contributed by atoms with Gasteiger partial charge in [-0.25, -0.2) is 8.42 Å². The van der Waals surface area contributed by atoms with Gasteiger partial charge in [0.15, 0.2) is 0 Å². The quantitative estimate of drug-likeness (QED) is 0.665. The van der Waals surface area contributed by atoms with E-state index in [1.165, 1.54) is 18.2 Å². The predicted molar refractivity (Wildman–Crippen MR) is 73.4 cm³/mol. The highest BCUT2D eigenvalue weighted by molar-refractivity contribution is 7.89. The molecular formula is C12H12ClF3N2O2S. The minimum absolute atomic E-state index is 0.00463. The maximum absolute atomic E-state index is 12.5. The molecule has 4 nitrogen and oxygen atoms in total. The standard InChI is InChI=1S/C12H12ClF3N2O2S/c13-9-1-2-10(17)11(7-9)21(19,20)18-5-3-8(4-6-18)12(14,15)16/h1-3,7H,4-6,17H2. The van der Waals surface area contributed by atoms with Crippen LogP contribution >= 0.6 is 11.6 Å². The van der Waals surface area contributed by atoms with Gasteiger partial charge in [0.2, 0.25) is 10.0 Å². The Morgan fingerprint density at radius 1 is 1.29 bits per heavy atom. The van der Waals surface area contributed by atoms with Crippen molar-refractivity contribution in [1.29, 1.82) is 0 Å². The highest BCUT2D eigenvalue weighted by Crippen LogP contribution is 2.33. The SMILES string of the molecule is Nc1ccc(Cl)cc1S(=O)(=O)N1CC=C(C(F)(F)F)CC1. The van der Waals surface area contributed by atoms with Crippen LogP contribution in [0.1, 0.15) is 6.42 Å². The molecule has 116 valence electrons. The molecule has 1 aliphatic heterocycles. The van der Waals surface area contributed by atoms with E-state index in [9.17, 15) is 21.6 Å². The lowest BCUT2D eigenvalue weighted by molar-refractivity contribution is -0.0953. The fraction of sp³-hybridized carbons (Fsp3) is 0.333. The van der Waals surface area contributed by atoms with E-state index < -0.39 is 21.8 Å². The van der Waals surface area contributed by atoms with Gasteiger partial charge in [-0.1, -0.05) is 17.7 Å². The molecule has 1 aromatic carbocycles. The Bertz CT molecular complexity index is 686. The number of rotatable bonds is 2. The first-order valence-electron chi connectivity index (χ1n) is 5.94. The molecule has 0 unspecified atom stereocenters. The van der Waals surface area contributed by atoms with Crippen LogP contribution in [0, 0.1) is 0 Å². The number of benzene rings is 1. The zero-order valence-corrected chi connectivity index (χ0v) is 12.3. The van der Waals surface area contributed by atoms with Gasteiger partial charge in [-0.2, -0.15) is 17.5 Å². The van der Waals surface area contributed by atoms with E-state index in [4.69, 9.17) is 17.3 Å². The van der Waals surface area contributed by atoms with E-state index in [1.807, 2.05) is 0 Å². The summed E-state index contributed by atoms with van der Waals surface area (Å²) in [5, 5.41) is 0.186. The molecule has 0 aromatic heterocycles. The molecule has 0 saturated heterocycles. The minimum atomic E-state index is -4.43. The van der Waals surface area contributed by atoms with Crippen LogP contribution in [-0.2, 0) is 10.0 Å². The average molecular weight is 341 g/mol. The van der Waals surface area contributed by atoms with Crippen molar-refractivity contribution in [2.45, 2.75) is 17.5 Å². The van der Waals surface area contributed by atoms with Gasteiger partial charge in [-0.15, -0.1) is 0 Å². The number of alkyl halides is 3. The monoisotopic (exact) mass is 340 g/mol. The fourth-order valence-electron chi connectivity index (χ4n) is 2.00. The van der Waals surface area contributed by atoms with E-state index in [0.29, 0.717) is 0 Å². The highest BCUT2D eigenvalue weighted by atomic mass is 35.5. The first kappa shape index (κ1) is 16.1. The Labute approximate surface area is 125 Å². The summed E-state index contributed by atoms with van der Waals surface area (Å²) in [6.45, 7) is -0.594. The lowest BCUT2D eigenvalue weighted by Gasteiger charge is -2.27. The molecule has 1 heterocycles. The van der Waals surface area contributed by atoms with Gasteiger partial charge >= 0.3 is 6.18 Å². The lowest BCUT2D eigenvalue weighted by atomic mass is 10.1. The van der Waals surface area contributed by atoms with E-state index in [2.05, 4.69) is 0 Å². The molecule has 0 saturated carbocycles. The number of hydrogen-bond acceptors (Lipinski definition) is 3. The summed E-state index contributed by atoms with van der Waals surface area (Å²) in [5.74, 6) is 0. The molecule has 0 radical (unpaired) electrons. The van der Waals surface area contributed by atoms with Gasteiger partial charge in [-0.05, 0) is 24.6 Å². The van der Waals surface area contributed by atoms with Crippen LogP contribution in [0.25, 0.3) is 0 Å². The number of halogens is 4. The van der Waals surface area contributed by atoms with Crippen LogP contribution in [0.2, 0.25) is 5.02 Å². The van der Waals surface area contributed by atoms with Crippen LogP contribution in [0.3, 0.4) is 0 Å². The van der Waals surface area contributed by atoms with Crippen molar-refractivity contribution in [2.75, 3.05) is 18.8 Å². The molecular weight excluding hydrogens is 329 g/mol. The maximum Gasteiger partial charge on any atom is 0.412 e. The number of sulfonamides is 1. The summed E-state index contributed by atoms with van der Waals surface area (Å²) >= 11 is 5.75. The second kappa shape index (κ2) is 5.51. The van der Waals surface area contributed by atoms with E-state index in [0.717, 1.165) is 10.4 Å². The number of hydrogen-bond donors (Lipinski definition) is 1. The summed E-state index contributed by atoms with van der Waals surface area (Å²) in [6.07, 6.45) is -3.93. The maximum atomic E-state index is 12.5. The second-order valence-corrected chi connectivity index (χ2v) is 6.87. The normalized spacial score (nSPS) is 17.6. The Hall–Kier alpha value is -1.25. The van der Waals surface area contributed by atoms with Crippen molar-refractivity contribution in [1.82, 2.24) is 4.31 Å². The van der Waals surface area contributed by atoms with E-state index in [-0.39, 0.29) is 35.1 Å². The summed E-state index contributed by atoms with van der Waals surface area (Å²) in [4.78, 5) is -0.196. The smallest absolute Gasteiger partial charge is 0.398 e. The number of nitrogen functional groups attached to an aromatic ring is 1. The van der Waals surface area contributed by atoms with E-state index in [1.54, 1.807) is 0 Å². The van der Waals surface area contributed by atoms with Crippen molar-refractivity contribution >= 4 is 27.3 Å². The Morgan fingerprint density at radius 3 is 2.48 bits per heavy atom. The lowest BCUT2D eigenvalue weighted by Crippen LogP contribution is -2.37. The topological polar surface area (TPSA) is 63.4 Å². The molecule has 0 fully saturated rings. The molecule has 2 N–H and O–H groups in total. The number of nitrogens with two attached hydrogens (primary N) is 1. The third-order valence-electron chi connectivity index (χ3n) is 3.13. The van der Waals surface area contributed by atoms with Gasteiger partial charge in [0.05, 0.1) is 5.69 Å². The first-order valence-corrected chi connectivity index (χ1v) is 7.75. The molecule has 1 aliphatic rings. The highest BCUT2D eigenvalue weighted by Gasteiger charge is 2.37. The van der Waals surface area contributed by atoms with Crippen molar-refractivity contribution in [3.63, 3.8) is 0 Å². The van der Waals surface area contributed by atoms with Crippen molar-refractivity contribution < 1.29 is 21.6 Å². The Balaban J connectivity index is 2.31. The summed E-state index contributed by atoms with van der Waals surface area (Å²) in [7, 11) is -3.97. The predicted octanol–water partition coefficient (Wildman–Crippen LogP) is 2.81. The fourth-order valence-corrected chi connectivity index (χ4v) is 3.76. The summed E-state index contributed by atoms with van der Waals surface area (Å²) in [5.41, 5.74) is 4.91. The zero-order valence-electron chi connectivity index (χ0n) is 10.7. The van der Waals surface area contributed by atoms with Crippen LogP contribution in [0.15, 0.2) is 34.7 Å². The van der Waals surface area contributed by atoms with Crippen molar-refractivity contribution in [2.24, 2.45) is 0 Å². The van der Waals surface area contributed by atoms with Crippen LogP contribution in [-0.4, -0.2) is 32.0 Å². The molecule has 2 rings (SSSR count). The number of anilines is 1. The summed E-state index contributed by atoms with van der Waals surface area (Å²) in [6, 6.07) is 3.97. The van der Waals surface area contributed by atoms with E-state index >= 15 is 0 Å². The van der Waals surface area contributed by atoms with Gasteiger partial charge in [0, 0.05) is 23.7 Å². The Kier molecular flexibility index (Phi) is 4.23. The van der Waals surface area contributed by atoms with Crippen molar-refractivity contribution in [3.05, 3.63) is 34.9 Å². The van der Waals surface area contributed by atoms with Gasteiger partial charge < -0.3 is 5.73 Å². The van der Waals surface area contributed by atoms with Gasteiger partial charge in [0.1, 0.15) is 4.90 Å². The molecule has 21 heavy (non-hydrogen) atoms. The second-order valence-electron chi connectivity index (χ2n) is 4.52.